The molecule has 1 aliphatic rings. The van der Waals surface area contributed by atoms with Gasteiger partial charge in [0.25, 0.3) is 0 Å². The zero-order valence-corrected chi connectivity index (χ0v) is 19.6. The van der Waals surface area contributed by atoms with Gasteiger partial charge in [-0.25, -0.2) is 14.4 Å². The molecule has 2 amide bonds. The van der Waals surface area contributed by atoms with Gasteiger partial charge in [0.15, 0.2) is 5.78 Å². The fourth-order valence-electron chi connectivity index (χ4n) is 3.67. The average molecular weight is 491 g/mol. The number of benzene rings is 2. The van der Waals surface area contributed by atoms with Crippen LogP contribution in [0.2, 0.25) is 0 Å². The lowest BCUT2D eigenvalue weighted by Gasteiger charge is -2.28. The van der Waals surface area contributed by atoms with Crippen molar-refractivity contribution in [2.24, 2.45) is 0 Å². The zero-order valence-electron chi connectivity index (χ0n) is 18.8. The van der Waals surface area contributed by atoms with Crippen molar-refractivity contribution in [3.8, 4) is 0 Å². The minimum Gasteiger partial charge on any atom is -0.463 e. The number of rotatable bonds is 8. The lowest BCUT2D eigenvalue weighted by atomic mass is 9.98. The number of carbonyl (C=O) groups excluding carboxylic acids is 4. The minimum absolute atomic E-state index is 0.0784. The third-order valence-corrected chi connectivity index (χ3v) is 6.19. The van der Waals surface area contributed by atoms with Crippen LogP contribution in [0, 0.1) is 0 Å². The summed E-state index contributed by atoms with van der Waals surface area (Å²) < 4.78 is 10.7. The Bertz CT molecular complexity index is 1280. The van der Waals surface area contributed by atoms with Crippen LogP contribution < -0.4 is 10.6 Å². The Hall–Kier alpha value is -4.24. The molecule has 1 aliphatic heterocycles. The number of hydrogen-bond acceptors (Lipinski definition) is 7. The fourth-order valence-corrected chi connectivity index (χ4v) is 4.45. The van der Waals surface area contributed by atoms with Gasteiger partial charge < -0.3 is 20.1 Å². The highest BCUT2D eigenvalue weighted by Crippen LogP contribution is 2.31. The van der Waals surface area contributed by atoms with E-state index in [1.807, 2.05) is 5.38 Å². The maximum Gasteiger partial charge on any atom is 0.339 e. The molecule has 2 N–H and O–H groups in total. The molecule has 8 nitrogen and oxygen atoms in total. The maximum atomic E-state index is 13.0. The van der Waals surface area contributed by atoms with Crippen molar-refractivity contribution >= 4 is 35.1 Å². The number of urea groups is 1. The molecule has 0 aliphatic carbocycles. The molecule has 2 heterocycles. The topological polar surface area (TPSA) is 111 Å². The molecule has 1 unspecified atom stereocenters. The van der Waals surface area contributed by atoms with Crippen LogP contribution in [0.1, 0.15) is 44.1 Å². The third kappa shape index (κ3) is 5.30. The maximum absolute atomic E-state index is 13.0. The Morgan fingerprint density at radius 1 is 0.886 bits per heavy atom. The van der Waals surface area contributed by atoms with Crippen LogP contribution in [0.25, 0.3) is 0 Å². The number of hydrogen-bond donors (Lipinski definition) is 2. The van der Waals surface area contributed by atoms with Crippen molar-refractivity contribution in [3.05, 3.63) is 105 Å². The Balaban J connectivity index is 1.62. The quantitative estimate of drug-likeness (QED) is 0.365. The van der Waals surface area contributed by atoms with E-state index in [1.54, 1.807) is 67.6 Å². The van der Waals surface area contributed by atoms with Crippen molar-refractivity contribution < 1.29 is 28.7 Å². The van der Waals surface area contributed by atoms with Gasteiger partial charge in [0, 0.05) is 16.0 Å². The second-order valence-corrected chi connectivity index (χ2v) is 8.46. The summed E-state index contributed by atoms with van der Waals surface area (Å²) in [4.78, 5) is 51.8. The standard InChI is InChI=1S/C26H22N2O6S/c1-2-33-25(31)21-19(27-26(32)28-22(21)20-13-8-14-35-20)15-34-24(30)18-12-7-6-11-17(18)23(29)16-9-4-3-5-10-16/h3-14,22H,2,15H2,1H3,(H2,27,28,32). The van der Waals surface area contributed by atoms with E-state index in [9.17, 15) is 19.2 Å². The predicted molar refractivity (Wildman–Crippen MR) is 129 cm³/mol. The summed E-state index contributed by atoms with van der Waals surface area (Å²) in [6.07, 6.45) is 0. The predicted octanol–water partition coefficient (Wildman–Crippen LogP) is 4.01. The van der Waals surface area contributed by atoms with Crippen LogP contribution in [0.4, 0.5) is 4.79 Å². The second-order valence-electron chi connectivity index (χ2n) is 7.48. The van der Waals surface area contributed by atoms with Crippen molar-refractivity contribution in [1.82, 2.24) is 10.6 Å². The van der Waals surface area contributed by atoms with Gasteiger partial charge in [0.2, 0.25) is 0 Å². The summed E-state index contributed by atoms with van der Waals surface area (Å²) in [5.74, 6) is -1.72. The van der Waals surface area contributed by atoms with Gasteiger partial charge in [-0.1, -0.05) is 54.6 Å². The molecule has 9 heteroatoms. The van der Waals surface area contributed by atoms with Gasteiger partial charge in [0.1, 0.15) is 6.61 Å². The molecule has 2 aromatic carbocycles. The first-order valence-electron chi connectivity index (χ1n) is 10.9. The Labute approximate surface area is 205 Å². The van der Waals surface area contributed by atoms with Crippen LogP contribution in [0.15, 0.2) is 83.4 Å². The first-order chi connectivity index (χ1) is 17.0. The summed E-state index contributed by atoms with van der Waals surface area (Å²) in [7, 11) is 0. The van der Waals surface area contributed by atoms with E-state index in [2.05, 4.69) is 10.6 Å². The van der Waals surface area contributed by atoms with Crippen molar-refractivity contribution in [2.75, 3.05) is 13.2 Å². The molecule has 0 spiro atoms. The highest BCUT2D eigenvalue weighted by Gasteiger charge is 2.35. The van der Waals surface area contributed by atoms with Gasteiger partial charge in [-0.05, 0) is 24.4 Å². The monoisotopic (exact) mass is 490 g/mol. The SMILES string of the molecule is CCOC(=O)C1=C(COC(=O)c2ccccc2C(=O)c2ccccc2)NC(=O)NC1c1cccs1. The summed E-state index contributed by atoms with van der Waals surface area (Å²) in [6, 6.07) is 17.2. The van der Waals surface area contributed by atoms with Gasteiger partial charge in [-0.15, -0.1) is 11.3 Å². The number of ether oxygens (including phenoxy) is 2. The number of nitrogens with one attached hydrogen (secondary N) is 2. The van der Waals surface area contributed by atoms with Crippen LogP contribution >= 0.6 is 11.3 Å². The second kappa shape index (κ2) is 10.8. The lowest BCUT2D eigenvalue weighted by molar-refractivity contribution is -0.139. The Morgan fingerprint density at radius 2 is 1.60 bits per heavy atom. The van der Waals surface area contributed by atoms with Crippen LogP contribution in [0.3, 0.4) is 0 Å². The Morgan fingerprint density at radius 3 is 2.29 bits per heavy atom. The summed E-state index contributed by atoms with van der Waals surface area (Å²) in [5.41, 5.74) is 0.967. The number of ketones is 1. The molecule has 0 saturated heterocycles. The average Bonchev–Trinajstić information content (AvgIpc) is 3.42. The summed E-state index contributed by atoms with van der Waals surface area (Å²) in [6.45, 7) is 1.42. The lowest BCUT2D eigenvalue weighted by Crippen LogP contribution is -2.47. The molecule has 4 rings (SSSR count). The summed E-state index contributed by atoms with van der Waals surface area (Å²) >= 11 is 1.37. The number of esters is 2. The van der Waals surface area contributed by atoms with Crippen LogP contribution in [-0.2, 0) is 14.3 Å². The normalized spacial score (nSPS) is 15.1. The molecular formula is C26H22N2O6S. The van der Waals surface area contributed by atoms with Gasteiger partial charge >= 0.3 is 18.0 Å². The van der Waals surface area contributed by atoms with Crippen molar-refractivity contribution in [3.63, 3.8) is 0 Å². The molecular weight excluding hydrogens is 468 g/mol. The molecule has 0 fully saturated rings. The molecule has 35 heavy (non-hydrogen) atoms. The number of amides is 2. The zero-order chi connectivity index (χ0) is 24.8. The summed E-state index contributed by atoms with van der Waals surface area (Å²) in [5, 5.41) is 7.10. The van der Waals surface area contributed by atoms with Gasteiger partial charge in [-0.3, -0.25) is 4.79 Å². The largest absolute Gasteiger partial charge is 0.463 e. The fraction of sp³-hybridized carbons (Fsp3) is 0.154. The number of carbonyl (C=O) groups is 4. The third-order valence-electron chi connectivity index (χ3n) is 5.25. The van der Waals surface area contributed by atoms with E-state index in [1.165, 1.54) is 17.4 Å². The molecule has 0 radical (unpaired) electrons. The van der Waals surface area contributed by atoms with Gasteiger partial charge in [0.05, 0.1) is 29.5 Å². The van der Waals surface area contributed by atoms with E-state index in [-0.39, 0.29) is 34.8 Å². The van der Waals surface area contributed by atoms with E-state index in [0.717, 1.165) is 4.88 Å². The highest BCUT2D eigenvalue weighted by molar-refractivity contribution is 7.10. The molecule has 178 valence electrons. The highest BCUT2D eigenvalue weighted by atomic mass is 32.1. The van der Waals surface area contributed by atoms with E-state index >= 15 is 0 Å². The van der Waals surface area contributed by atoms with Crippen LogP contribution in [-0.4, -0.2) is 37.0 Å². The molecule has 0 saturated carbocycles. The molecule has 0 bridgehead atoms. The first-order valence-corrected chi connectivity index (χ1v) is 11.7. The smallest absolute Gasteiger partial charge is 0.339 e. The minimum atomic E-state index is -0.763. The molecule has 3 aromatic rings. The number of thiophene rings is 1. The molecule has 1 atom stereocenters. The Kier molecular flexibility index (Phi) is 7.37. The van der Waals surface area contributed by atoms with Crippen molar-refractivity contribution in [2.45, 2.75) is 13.0 Å². The van der Waals surface area contributed by atoms with Crippen LogP contribution in [0.5, 0.6) is 0 Å². The van der Waals surface area contributed by atoms with E-state index < -0.39 is 30.6 Å². The van der Waals surface area contributed by atoms with E-state index in [4.69, 9.17) is 9.47 Å². The molecule has 1 aromatic heterocycles. The van der Waals surface area contributed by atoms with E-state index in [0.29, 0.717) is 5.56 Å². The van der Waals surface area contributed by atoms with Gasteiger partial charge in [-0.2, -0.15) is 0 Å². The van der Waals surface area contributed by atoms with Crippen molar-refractivity contribution in [1.29, 1.82) is 0 Å². The first kappa shape index (κ1) is 23.9.